The van der Waals surface area contributed by atoms with Gasteiger partial charge in [0.05, 0.1) is 12.9 Å². The van der Waals surface area contributed by atoms with E-state index in [-0.39, 0.29) is 16.6 Å². The molecule has 0 saturated heterocycles. The van der Waals surface area contributed by atoms with E-state index in [4.69, 9.17) is 0 Å². The molecule has 0 aliphatic carbocycles. The summed E-state index contributed by atoms with van der Waals surface area (Å²) < 4.78 is 31.1. The number of amides is 1. The monoisotopic (exact) mass is 331 g/mol. The largest absolute Gasteiger partial charge is 0.467 e. The van der Waals surface area contributed by atoms with Crippen molar-refractivity contribution < 1.29 is 23.1 Å². The Balaban J connectivity index is 2.60. The molecule has 1 atom stereocenters. The molecule has 0 aliphatic rings. The minimum atomic E-state index is -0.740. The molecule has 4 nitrogen and oxygen atoms in total. The first-order valence-corrected chi connectivity index (χ1v) is 7.77. The van der Waals surface area contributed by atoms with Crippen molar-refractivity contribution in [1.82, 2.24) is 5.32 Å². The molecule has 0 fully saturated rings. The first-order chi connectivity index (χ1) is 10.3. The van der Waals surface area contributed by atoms with E-state index in [1.54, 1.807) is 0 Å². The zero-order chi connectivity index (χ0) is 16.7. The van der Waals surface area contributed by atoms with Gasteiger partial charge in [0.1, 0.15) is 17.7 Å². The standard InChI is InChI=1S/C15H19F2NO3S/c1-9(2)6-12(15(20)21-3)18-14(19)8-22-13-7-10(16)4-5-11(13)17/h4-5,7,9,12H,6,8H2,1-3H3,(H,18,19)/t12-/m1/s1. The fourth-order valence-electron chi connectivity index (χ4n) is 1.79. The van der Waals surface area contributed by atoms with Gasteiger partial charge in [-0.1, -0.05) is 13.8 Å². The third-order valence-electron chi connectivity index (χ3n) is 2.78. The van der Waals surface area contributed by atoms with Gasteiger partial charge in [0.15, 0.2) is 0 Å². The van der Waals surface area contributed by atoms with Crippen LogP contribution in [0.15, 0.2) is 23.1 Å². The second-order valence-electron chi connectivity index (χ2n) is 5.14. The molecular weight excluding hydrogens is 312 g/mol. The molecular formula is C15H19F2NO3S. The number of hydrogen-bond donors (Lipinski definition) is 1. The summed E-state index contributed by atoms with van der Waals surface area (Å²) >= 11 is 0.870. The van der Waals surface area contributed by atoms with Gasteiger partial charge >= 0.3 is 5.97 Å². The Morgan fingerprint density at radius 2 is 2.00 bits per heavy atom. The van der Waals surface area contributed by atoms with Crippen LogP contribution in [0, 0.1) is 17.6 Å². The van der Waals surface area contributed by atoms with Gasteiger partial charge in [-0.15, -0.1) is 11.8 Å². The lowest BCUT2D eigenvalue weighted by Crippen LogP contribution is -2.43. The summed E-state index contributed by atoms with van der Waals surface area (Å²) in [6, 6.07) is 2.30. The van der Waals surface area contributed by atoms with Crippen LogP contribution in [-0.4, -0.2) is 30.8 Å². The molecule has 0 aromatic heterocycles. The number of methoxy groups -OCH3 is 1. The van der Waals surface area contributed by atoms with Crippen LogP contribution in [0.4, 0.5) is 8.78 Å². The van der Waals surface area contributed by atoms with Gasteiger partial charge in [0, 0.05) is 4.90 Å². The molecule has 1 aromatic carbocycles. The van der Waals surface area contributed by atoms with Crippen molar-refractivity contribution in [3.05, 3.63) is 29.8 Å². The Labute approximate surface area is 132 Å². The smallest absolute Gasteiger partial charge is 0.328 e. The van der Waals surface area contributed by atoms with Crippen LogP contribution in [0.25, 0.3) is 0 Å². The lowest BCUT2D eigenvalue weighted by molar-refractivity contribution is -0.145. The lowest BCUT2D eigenvalue weighted by atomic mass is 10.0. The molecule has 0 aliphatic heterocycles. The van der Waals surface area contributed by atoms with E-state index in [0.29, 0.717) is 6.42 Å². The van der Waals surface area contributed by atoms with Crippen molar-refractivity contribution in [1.29, 1.82) is 0 Å². The van der Waals surface area contributed by atoms with E-state index in [1.807, 2.05) is 13.8 Å². The number of esters is 1. The molecule has 0 spiro atoms. The number of rotatable bonds is 7. The van der Waals surface area contributed by atoms with Gasteiger partial charge < -0.3 is 10.1 Å². The maximum Gasteiger partial charge on any atom is 0.328 e. The first kappa shape index (κ1) is 18.4. The molecule has 22 heavy (non-hydrogen) atoms. The van der Waals surface area contributed by atoms with E-state index in [0.717, 1.165) is 30.0 Å². The number of ether oxygens (including phenoxy) is 1. The van der Waals surface area contributed by atoms with Crippen molar-refractivity contribution in [2.24, 2.45) is 5.92 Å². The van der Waals surface area contributed by atoms with Gasteiger partial charge in [-0.2, -0.15) is 0 Å². The molecule has 0 unspecified atom stereocenters. The average Bonchev–Trinajstić information content (AvgIpc) is 2.46. The zero-order valence-corrected chi connectivity index (χ0v) is 13.5. The Morgan fingerprint density at radius 3 is 2.59 bits per heavy atom. The number of halogens is 2. The Morgan fingerprint density at radius 1 is 1.32 bits per heavy atom. The fourth-order valence-corrected chi connectivity index (χ4v) is 2.57. The predicted octanol–water partition coefficient (Wildman–Crippen LogP) is 2.76. The van der Waals surface area contributed by atoms with Crippen molar-refractivity contribution in [3.8, 4) is 0 Å². The minimum absolute atomic E-state index is 0.0497. The van der Waals surface area contributed by atoms with Crippen LogP contribution in [-0.2, 0) is 14.3 Å². The molecule has 0 radical (unpaired) electrons. The van der Waals surface area contributed by atoms with Gasteiger partial charge in [0.2, 0.25) is 5.91 Å². The molecule has 122 valence electrons. The van der Waals surface area contributed by atoms with Crippen LogP contribution in [0.2, 0.25) is 0 Å². The zero-order valence-electron chi connectivity index (χ0n) is 12.7. The molecule has 1 N–H and O–H groups in total. The quantitative estimate of drug-likeness (QED) is 0.617. The van der Waals surface area contributed by atoms with Crippen molar-refractivity contribution in [3.63, 3.8) is 0 Å². The molecule has 0 bridgehead atoms. The number of benzene rings is 1. The van der Waals surface area contributed by atoms with Crippen LogP contribution in [0.3, 0.4) is 0 Å². The third kappa shape index (κ3) is 6.01. The highest BCUT2D eigenvalue weighted by atomic mass is 32.2. The highest BCUT2D eigenvalue weighted by Gasteiger charge is 2.22. The number of hydrogen-bond acceptors (Lipinski definition) is 4. The van der Waals surface area contributed by atoms with Crippen molar-refractivity contribution in [2.75, 3.05) is 12.9 Å². The number of carbonyl (C=O) groups is 2. The van der Waals surface area contributed by atoms with Crippen LogP contribution in [0.1, 0.15) is 20.3 Å². The van der Waals surface area contributed by atoms with Crippen molar-refractivity contribution >= 4 is 23.6 Å². The van der Waals surface area contributed by atoms with Crippen LogP contribution >= 0.6 is 11.8 Å². The summed E-state index contributed by atoms with van der Waals surface area (Å²) in [6.45, 7) is 3.83. The third-order valence-corrected chi connectivity index (χ3v) is 3.81. The number of carbonyl (C=O) groups excluding carboxylic acids is 2. The van der Waals surface area contributed by atoms with Gasteiger partial charge in [-0.05, 0) is 30.5 Å². The average molecular weight is 331 g/mol. The van der Waals surface area contributed by atoms with E-state index in [1.165, 1.54) is 7.11 Å². The highest BCUT2D eigenvalue weighted by Crippen LogP contribution is 2.22. The number of nitrogens with one attached hydrogen (secondary N) is 1. The summed E-state index contributed by atoms with van der Waals surface area (Å²) in [6.07, 6.45) is 0.442. The lowest BCUT2D eigenvalue weighted by Gasteiger charge is -2.18. The molecule has 0 saturated carbocycles. The van der Waals surface area contributed by atoms with E-state index < -0.39 is 29.6 Å². The van der Waals surface area contributed by atoms with Crippen LogP contribution < -0.4 is 5.32 Å². The summed E-state index contributed by atoms with van der Waals surface area (Å²) in [5, 5.41) is 2.55. The SMILES string of the molecule is COC(=O)[C@@H](CC(C)C)NC(=O)CSc1cc(F)ccc1F. The summed E-state index contributed by atoms with van der Waals surface area (Å²) in [7, 11) is 1.25. The van der Waals surface area contributed by atoms with E-state index >= 15 is 0 Å². The number of thioether (sulfide) groups is 1. The summed E-state index contributed by atoms with van der Waals surface area (Å²) in [5.41, 5.74) is 0. The normalized spacial score (nSPS) is 12.1. The highest BCUT2D eigenvalue weighted by molar-refractivity contribution is 8.00. The molecule has 0 heterocycles. The summed E-state index contributed by atoms with van der Waals surface area (Å²) in [5.74, 6) is -2.06. The second kappa shape index (κ2) is 8.73. The maximum atomic E-state index is 13.4. The maximum absolute atomic E-state index is 13.4. The topological polar surface area (TPSA) is 55.4 Å². The molecule has 1 aromatic rings. The van der Waals surface area contributed by atoms with Gasteiger partial charge in [0.25, 0.3) is 0 Å². The fraction of sp³-hybridized carbons (Fsp3) is 0.467. The van der Waals surface area contributed by atoms with Gasteiger partial charge in [-0.25, -0.2) is 13.6 Å². The molecule has 7 heteroatoms. The summed E-state index contributed by atoms with van der Waals surface area (Å²) in [4.78, 5) is 23.5. The Bertz CT molecular complexity index is 538. The van der Waals surface area contributed by atoms with E-state index in [2.05, 4.69) is 10.1 Å². The first-order valence-electron chi connectivity index (χ1n) is 6.78. The minimum Gasteiger partial charge on any atom is -0.467 e. The van der Waals surface area contributed by atoms with Crippen LogP contribution in [0.5, 0.6) is 0 Å². The molecule has 1 amide bonds. The second-order valence-corrected chi connectivity index (χ2v) is 6.15. The Hall–Kier alpha value is -1.63. The molecule has 1 rings (SSSR count). The van der Waals surface area contributed by atoms with Gasteiger partial charge in [-0.3, -0.25) is 4.79 Å². The van der Waals surface area contributed by atoms with Crippen molar-refractivity contribution in [2.45, 2.75) is 31.2 Å². The predicted molar refractivity (Wildman–Crippen MR) is 80.5 cm³/mol. The Kier molecular flexibility index (Phi) is 7.31. The van der Waals surface area contributed by atoms with E-state index in [9.17, 15) is 18.4 Å².